The van der Waals surface area contributed by atoms with Gasteiger partial charge in [-0.25, -0.2) is 0 Å². The van der Waals surface area contributed by atoms with Gasteiger partial charge in [-0.3, -0.25) is 4.79 Å². The Bertz CT molecular complexity index is 1230. The summed E-state index contributed by atoms with van der Waals surface area (Å²) < 4.78 is 12.7. The molecular formula is C30H34N2O3. The Morgan fingerprint density at radius 1 is 0.943 bits per heavy atom. The molecule has 0 aliphatic rings. The van der Waals surface area contributed by atoms with Gasteiger partial charge in [0.15, 0.2) is 0 Å². The average Bonchev–Trinajstić information content (AvgIpc) is 3.26. The Kier molecular flexibility index (Phi) is 8.22. The quantitative estimate of drug-likeness (QED) is 0.285. The number of hydrogen-bond donors (Lipinski definition) is 1. The molecular weight excluding hydrogens is 436 g/mol. The van der Waals surface area contributed by atoms with Gasteiger partial charge < -0.3 is 19.4 Å². The zero-order valence-corrected chi connectivity index (χ0v) is 20.7. The summed E-state index contributed by atoms with van der Waals surface area (Å²) in [6.07, 6.45) is 2.65. The highest BCUT2D eigenvalue weighted by Crippen LogP contribution is 2.39. The lowest BCUT2D eigenvalue weighted by molar-refractivity contribution is -0.121. The second-order valence-corrected chi connectivity index (χ2v) is 8.93. The van der Waals surface area contributed by atoms with Crippen LogP contribution in [0.1, 0.15) is 41.9 Å². The molecule has 5 nitrogen and oxygen atoms in total. The molecule has 1 heterocycles. The Hall–Kier alpha value is -3.57. The third kappa shape index (κ3) is 5.92. The molecule has 1 N–H and O–H groups in total. The highest BCUT2D eigenvalue weighted by Gasteiger charge is 2.27. The van der Waals surface area contributed by atoms with E-state index in [0.717, 1.165) is 12.3 Å². The molecule has 0 saturated heterocycles. The molecule has 0 aliphatic carbocycles. The molecule has 0 saturated carbocycles. The zero-order chi connectivity index (χ0) is 24.6. The summed E-state index contributed by atoms with van der Waals surface area (Å²) >= 11 is 0. The van der Waals surface area contributed by atoms with Crippen LogP contribution in [0.25, 0.3) is 10.9 Å². The molecule has 5 heteroatoms. The van der Waals surface area contributed by atoms with Gasteiger partial charge in [0.1, 0.15) is 5.75 Å². The molecule has 4 aromatic rings. The topological polar surface area (TPSA) is 52.5 Å². The van der Waals surface area contributed by atoms with Gasteiger partial charge in [-0.15, -0.1) is 0 Å². The number of nitrogens with zero attached hydrogens (tertiary/aromatic N) is 1. The van der Waals surface area contributed by atoms with Crippen LogP contribution in [0.2, 0.25) is 0 Å². The lowest BCUT2D eigenvalue weighted by Crippen LogP contribution is -2.29. The third-order valence-corrected chi connectivity index (χ3v) is 6.69. The molecule has 0 spiro atoms. The molecule has 0 aliphatic heterocycles. The fourth-order valence-electron chi connectivity index (χ4n) is 4.74. The van der Waals surface area contributed by atoms with E-state index in [0.29, 0.717) is 19.6 Å². The van der Waals surface area contributed by atoms with E-state index in [9.17, 15) is 4.79 Å². The van der Waals surface area contributed by atoms with Crippen molar-refractivity contribution in [1.82, 2.24) is 9.88 Å². The van der Waals surface area contributed by atoms with Crippen molar-refractivity contribution in [2.45, 2.75) is 31.7 Å². The van der Waals surface area contributed by atoms with Crippen molar-refractivity contribution in [2.75, 3.05) is 27.4 Å². The van der Waals surface area contributed by atoms with Crippen molar-refractivity contribution in [3.63, 3.8) is 0 Å². The number of nitrogens with one attached hydrogen (secondary N) is 1. The number of carbonyl (C=O) groups excluding carboxylic acids is 1. The predicted molar refractivity (Wildman–Crippen MR) is 141 cm³/mol. The Morgan fingerprint density at radius 2 is 1.66 bits per heavy atom. The highest BCUT2D eigenvalue weighted by atomic mass is 16.5. The van der Waals surface area contributed by atoms with Crippen molar-refractivity contribution in [1.29, 1.82) is 0 Å². The van der Waals surface area contributed by atoms with Crippen LogP contribution < -0.4 is 10.1 Å². The SMILES string of the molecule is COCCNC(=O)C[C@@H](c1cn(Cc2ccc(OC)cc2)c2ccccc12)[C@H](C)c1ccccc1. The summed E-state index contributed by atoms with van der Waals surface area (Å²) in [5, 5.41) is 4.21. The van der Waals surface area contributed by atoms with Crippen LogP contribution in [-0.2, 0) is 16.1 Å². The number of hydrogen-bond acceptors (Lipinski definition) is 3. The number of fused-ring (bicyclic) bond motifs is 1. The van der Waals surface area contributed by atoms with E-state index < -0.39 is 0 Å². The molecule has 1 aromatic heterocycles. The molecule has 0 bridgehead atoms. The lowest BCUT2D eigenvalue weighted by Gasteiger charge is -2.24. The van der Waals surface area contributed by atoms with Crippen LogP contribution in [-0.4, -0.2) is 37.8 Å². The van der Waals surface area contributed by atoms with Crippen LogP contribution in [0.4, 0.5) is 0 Å². The van der Waals surface area contributed by atoms with E-state index >= 15 is 0 Å². The minimum atomic E-state index is 0.0296. The van der Waals surface area contributed by atoms with E-state index in [1.165, 1.54) is 27.6 Å². The van der Waals surface area contributed by atoms with E-state index in [4.69, 9.17) is 9.47 Å². The number of carbonyl (C=O) groups is 1. The normalized spacial score (nSPS) is 12.9. The van der Waals surface area contributed by atoms with Gasteiger partial charge in [0, 0.05) is 49.6 Å². The summed E-state index contributed by atoms with van der Waals surface area (Å²) in [5.41, 5.74) is 4.80. The van der Waals surface area contributed by atoms with Crippen molar-refractivity contribution in [2.24, 2.45) is 0 Å². The first-order chi connectivity index (χ1) is 17.1. The maximum Gasteiger partial charge on any atom is 0.220 e. The molecule has 0 radical (unpaired) electrons. The monoisotopic (exact) mass is 470 g/mol. The average molecular weight is 471 g/mol. The van der Waals surface area contributed by atoms with Crippen molar-refractivity contribution < 1.29 is 14.3 Å². The second kappa shape index (κ2) is 11.7. The Morgan fingerprint density at radius 3 is 2.37 bits per heavy atom. The smallest absolute Gasteiger partial charge is 0.220 e. The third-order valence-electron chi connectivity index (χ3n) is 6.69. The molecule has 35 heavy (non-hydrogen) atoms. The summed E-state index contributed by atoms with van der Waals surface area (Å²) in [6, 6.07) is 27.1. The number of methoxy groups -OCH3 is 2. The van der Waals surface area contributed by atoms with Gasteiger partial charge in [-0.1, -0.05) is 67.6 Å². The number of ether oxygens (including phenoxy) is 2. The van der Waals surface area contributed by atoms with Crippen LogP contribution in [0.5, 0.6) is 5.75 Å². The molecule has 4 rings (SSSR count). The van der Waals surface area contributed by atoms with Gasteiger partial charge >= 0.3 is 0 Å². The van der Waals surface area contributed by atoms with Crippen LogP contribution in [0.15, 0.2) is 85.1 Å². The lowest BCUT2D eigenvalue weighted by atomic mass is 9.80. The number of aromatic nitrogens is 1. The van der Waals surface area contributed by atoms with Crippen molar-refractivity contribution >= 4 is 16.8 Å². The maximum absolute atomic E-state index is 12.9. The zero-order valence-electron chi connectivity index (χ0n) is 20.7. The van der Waals surface area contributed by atoms with E-state index in [1.807, 2.05) is 18.2 Å². The van der Waals surface area contributed by atoms with Crippen LogP contribution >= 0.6 is 0 Å². The molecule has 182 valence electrons. The Labute approximate surface area is 207 Å². The van der Waals surface area contributed by atoms with Gasteiger partial charge in [-0.05, 0) is 40.8 Å². The predicted octanol–water partition coefficient (Wildman–Crippen LogP) is 5.74. The van der Waals surface area contributed by atoms with E-state index in [-0.39, 0.29) is 17.7 Å². The molecule has 0 fully saturated rings. The largest absolute Gasteiger partial charge is 0.497 e. The molecule has 2 atom stereocenters. The molecule has 1 amide bonds. The summed E-state index contributed by atoms with van der Waals surface area (Å²) in [5.74, 6) is 1.09. The van der Waals surface area contributed by atoms with Gasteiger partial charge in [-0.2, -0.15) is 0 Å². The first kappa shape index (κ1) is 24.6. The van der Waals surface area contributed by atoms with Crippen LogP contribution in [0, 0.1) is 0 Å². The fourth-order valence-corrected chi connectivity index (χ4v) is 4.74. The number of benzene rings is 3. The standard InChI is InChI=1S/C30H34N2O3/c1-22(24-9-5-4-6-10-24)27(19-30(33)31-17-18-34-2)28-21-32(29-12-8-7-11-26(28)29)20-23-13-15-25(35-3)16-14-23/h4-16,21-22,27H,17-20H2,1-3H3,(H,31,33)/t22-,27-/m1/s1. The second-order valence-electron chi connectivity index (χ2n) is 8.93. The summed E-state index contributed by atoms with van der Waals surface area (Å²) in [6.45, 7) is 3.99. The summed E-state index contributed by atoms with van der Waals surface area (Å²) in [4.78, 5) is 12.9. The molecule has 3 aromatic carbocycles. The van der Waals surface area contributed by atoms with E-state index in [1.54, 1.807) is 14.2 Å². The van der Waals surface area contributed by atoms with E-state index in [2.05, 4.69) is 83.7 Å². The number of amides is 1. The first-order valence-corrected chi connectivity index (χ1v) is 12.1. The minimum absolute atomic E-state index is 0.0296. The van der Waals surface area contributed by atoms with Crippen LogP contribution in [0.3, 0.4) is 0 Å². The highest BCUT2D eigenvalue weighted by molar-refractivity contribution is 5.86. The van der Waals surface area contributed by atoms with Gasteiger partial charge in [0.05, 0.1) is 13.7 Å². The minimum Gasteiger partial charge on any atom is -0.497 e. The number of para-hydroxylation sites is 1. The Balaban J connectivity index is 1.71. The van der Waals surface area contributed by atoms with Gasteiger partial charge in [0.2, 0.25) is 5.91 Å². The number of rotatable bonds is 11. The van der Waals surface area contributed by atoms with Crippen molar-refractivity contribution in [3.05, 3.63) is 102 Å². The first-order valence-electron chi connectivity index (χ1n) is 12.1. The van der Waals surface area contributed by atoms with Crippen molar-refractivity contribution in [3.8, 4) is 5.75 Å². The van der Waals surface area contributed by atoms with Gasteiger partial charge in [0.25, 0.3) is 0 Å². The summed E-state index contributed by atoms with van der Waals surface area (Å²) in [7, 11) is 3.32. The maximum atomic E-state index is 12.9. The molecule has 0 unspecified atom stereocenters. The fraction of sp³-hybridized carbons (Fsp3) is 0.300.